The van der Waals surface area contributed by atoms with E-state index in [0.29, 0.717) is 6.04 Å². The number of nitrogens with zero attached hydrogens (tertiary/aromatic N) is 3. The lowest BCUT2D eigenvalue weighted by molar-refractivity contribution is 0.145. The molecule has 0 aliphatic carbocycles. The van der Waals surface area contributed by atoms with E-state index in [2.05, 4.69) is 41.5 Å². The number of hydrogen-bond acceptors (Lipinski definition) is 3. The van der Waals surface area contributed by atoms with Crippen LogP contribution in [0, 0.1) is 13.8 Å². The number of guanidine groups is 1. The van der Waals surface area contributed by atoms with E-state index in [1.807, 2.05) is 18.7 Å². The lowest BCUT2D eigenvalue weighted by atomic mass is 10.1. The van der Waals surface area contributed by atoms with Crippen LogP contribution in [-0.4, -0.2) is 48.6 Å². The molecular weight excluding hydrogens is 278 g/mol. The first kappa shape index (κ1) is 18.5. The molecule has 0 radical (unpaired) electrons. The van der Waals surface area contributed by atoms with Crippen molar-refractivity contribution in [1.82, 2.24) is 20.4 Å². The van der Waals surface area contributed by atoms with Gasteiger partial charge in [0.2, 0.25) is 0 Å². The average molecular weight is 309 g/mol. The van der Waals surface area contributed by atoms with Crippen molar-refractivity contribution in [2.24, 2.45) is 12.0 Å². The Balaban J connectivity index is 2.43. The first-order valence-electron chi connectivity index (χ1n) is 8.03. The zero-order valence-electron chi connectivity index (χ0n) is 14.9. The van der Waals surface area contributed by atoms with Crippen LogP contribution in [0.2, 0.25) is 0 Å². The van der Waals surface area contributed by atoms with Crippen LogP contribution in [0.4, 0.5) is 0 Å². The Labute approximate surface area is 134 Å². The number of ether oxygens (including phenoxy) is 1. The van der Waals surface area contributed by atoms with E-state index in [1.165, 1.54) is 11.3 Å². The topological polar surface area (TPSA) is 63.5 Å². The van der Waals surface area contributed by atoms with Gasteiger partial charge in [-0.2, -0.15) is 5.10 Å². The molecular formula is C16H31N5O. The second kappa shape index (κ2) is 9.46. The van der Waals surface area contributed by atoms with Gasteiger partial charge in [0.1, 0.15) is 0 Å². The van der Waals surface area contributed by atoms with Crippen LogP contribution in [0.25, 0.3) is 0 Å². The number of hydrogen-bond donors (Lipinski definition) is 2. The van der Waals surface area contributed by atoms with Gasteiger partial charge in [0.15, 0.2) is 5.96 Å². The molecule has 6 nitrogen and oxygen atoms in total. The summed E-state index contributed by atoms with van der Waals surface area (Å²) in [6.45, 7) is 10.8. The summed E-state index contributed by atoms with van der Waals surface area (Å²) in [5, 5.41) is 11.2. The molecule has 22 heavy (non-hydrogen) atoms. The zero-order valence-corrected chi connectivity index (χ0v) is 14.9. The fraction of sp³-hybridized carbons (Fsp3) is 0.750. The maximum Gasteiger partial charge on any atom is 0.191 e. The van der Waals surface area contributed by atoms with Gasteiger partial charge in [-0.25, -0.2) is 0 Å². The minimum absolute atomic E-state index is 0.291. The molecule has 1 atom stereocenters. The van der Waals surface area contributed by atoms with Gasteiger partial charge in [0.05, 0.1) is 5.69 Å². The molecule has 0 aliphatic rings. The Morgan fingerprint density at radius 2 is 2.14 bits per heavy atom. The normalized spacial score (nSPS) is 13.3. The van der Waals surface area contributed by atoms with Crippen LogP contribution >= 0.6 is 0 Å². The van der Waals surface area contributed by atoms with Crippen LogP contribution < -0.4 is 10.6 Å². The molecule has 1 heterocycles. The third kappa shape index (κ3) is 5.67. The van der Waals surface area contributed by atoms with Crippen molar-refractivity contribution in [1.29, 1.82) is 0 Å². The average Bonchev–Trinajstić information content (AvgIpc) is 2.72. The Hall–Kier alpha value is -1.56. The van der Waals surface area contributed by atoms with E-state index in [9.17, 15) is 0 Å². The molecule has 6 heteroatoms. The molecule has 2 N–H and O–H groups in total. The molecule has 0 saturated heterocycles. The fourth-order valence-electron chi connectivity index (χ4n) is 2.42. The zero-order chi connectivity index (χ0) is 16.5. The molecule has 0 aromatic carbocycles. The SMILES string of the molecule is CCOCCCNC(=NC)NC(C)Cc1c(C)nn(C)c1C. The number of aryl methyl sites for hydroxylation is 2. The lowest BCUT2D eigenvalue weighted by Gasteiger charge is -2.18. The van der Waals surface area contributed by atoms with E-state index < -0.39 is 0 Å². The first-order chi connectivity index (χ1) is 10.5. The molecule has 0 aliphatic heterocycles. The van der Waals surface area contributed by atoms with Gasteiger partial charge >= 0.3 is 0 Å². The van der Waals surface area contributed by atoms with Crippen LogP contribution in [0.15, 0.2) is 4.99 Å². The molecule has 0 amide bonds. The van der Waals surface area contributed by atoms with Crippen LogP contribution in [0.3, 0.4) is 0 Å². The van der Waals surface area contributed by atoms with Gasteiger partial charge < -0.3 is 15.4 Å². The Morgan fingerprint density at radius 3 is 2.68 bits per heavy atom. The summed E-state index contributed by atoms with van der Waals surface area (Å²) in [5.74, 6) is 0.836. The largest absolute Gasteiger partial charge is 0.382 e. The molecule has 1 rings (SSSR count). The maximum absolute atomic E-state index is 5.33. The van der Waals surface area contributed by atoms with Crippen molar-refractivity contribution in [2.75, 3.05) is 26.8 Å². The van der Waals surface area contributed by atoms with E-state index in [1.54, 1.807) is 7.05 Å². The third-order valence-electron chi connectivity index (χ3n) is 3.74. The molecule has 1 unspecified atom stereocenters. The van der Waals surface area contributed by atoms with Crippen molar-refractivity contribution in [2.45, 2.75) is 46.6 Å². The second-order valence-corrected chi connectivity index (χ2v) is 5.57. The third-order valence-corrected chi connectivity index (χ3v) is 3.74. The van der Waals surface area contributed by atoms with Crippen molar-refractivity contribution in [3.63, 3.8) is 0 Å². The number of aliphatic imine (C=N–C) groups is 1. The highest BCUT2D eigenvalue weighted by atomic mass is 16.5. The van der Waals surface area contributed by atoms with Crippen LogP contribution in [0.5, 0.6) is 0 Å². The maximum atomic E-state index is 5.33. The van der Waals surface area contributed by atoms with Gasteiger partial charge in [-0.15, -0.1) is 0 Å². The van der Waals surface area contributed by atoms with Crippen molar-refractivity contribution >= 4 is 5.96 Å². The van der Waals surface area contributed by atoms with Crippen molar-refractivity contribution in [3.8, 4) is 0 Å². The predicted octanol–water partition coefficient (Wildman–Crippen LogP) is 1.56. The summed E-state index contributed by atoms with van der Waals surface area (Å²) in [5.41, 5.74) is 3.65. The standard InChI is InChI=1S/C16H31N5O/c1-7-22-10-8-9-18-16(17-5)19-12(2)11-15-13(3)20-21(6)14(15)4/h12H,7-11H2,1-6H3,(H2,17,18,19). The molecule has 0 saturated carbocycles. The predicted molar refractivity (Wildman–Crippen MR) is 91.5 cm³/mol. The molecule has 126 valence electrons. The van der Waals surface area contributed by atoms with Crippen molar-refractivity contribution in [3.05, 3.63) is 17.0 Å². The summed E-state index contributed by atoms with van der Waals surface area (Å²) in [7, 11) is 3.79. The smallest absolute Gasteiger partial charge is 0.191 e. The summed E-state index contributed by atoms with van der Waals surface area (Å²) in [6.07, 6.45) is 1.91. The van der Waals surface area contributed by atoms with E-state index in [4.69, 9.17) is 4.74 Å². The van der Waals surface area contributed by atoms with Gasteiger partial charge in [0.25, 0.3) is 0 Å². The number of nitrogens with one attached hydrogen (secondary N) is 2. The quantitative estimate of drug-likeness (QED) is 0.434. The minimum atomic E-state index is 0.291. The fourth-order valence-corrected chi connectivity index (χ4v) is 2.42. The van der Waals surface area contributed by atoms with Gasteiger partial charge in [-0.1, -0.05) is 0 Å². The van der Waals surface area contributed by atoms with Gasteiger partial charge in [-0.3, -0.25) is 9.67 Å². The first-order valence-corrected chi connectivity index (χ1v) is 8.03. The Morgan fingerprint density at radius 1 is 1.41 bits per heavy atom. The summed E-state index contributed by atoms with van der Waals surface area (Å²) in [6, 6.07) is 0.291. The van der Waals surface area contributed by atoms with Gasteiger partial charge in [0, 0.05) is 45.6 Å². The lowest BCUT2D eigenvalue weighted by Crippen LogP contribution is -2.43. The monoisotopic (exact) mass is 309 g/mol. The second-order valence-electron chi connectivity index (χ2n) is 5.57. The van der Waals surface area contributed by atoms with Crippen LogP contribution in [0.1, 0.15) is 37.2 Å². The van der Waals surface area contributed by atoms with Gasteiger partial charge in [-0.05, 0) is 46.1 Å². The van der Waals surface area contributed by atoms with E-state index in [-0.39, 0.29) is 0 Å². The number of aromatic nitrogens is 2. The molecule has 0 bridgehead atoms. The highest BCUT2D eigenvalue weighted by Crippen LogP contribution is 2.13. The molecule has 0 fully saturated rings. The van der Waals surface area contributed by atoms with Crippen LogP contribution in [-0.2, 0) is 18.2 Å². The highest BCUT2D eigenvalue weighted by Gasteiger charge is 2.13. The van der Waals surface area contributed by atoms with Crippen molar-refractivity contribution < 1.29 is 4.74 Å². The summed E-state index contributed by atoms with van der Waals surface area (Å²) < 4.78 is 7.27. The molecule has 1 aromatic heterocycles. The minimum Gasteiger partial charge on any atom is -0.382 e. The Bertz CT molecular complexity index is 481. The highest BCUT2D eigenvalue weighted by molar-refractivity contribution is 5.79. The van der Waals surface area contributed by atoms with E-state index >= 15 is 0 Å². The molecule has 0 spiro atoms. The Kier molecular flexibility index (Phi) is 7.95. The van der Waals surface area contributed by atoms with E-state index in [0.717, 1.165) is 44.3 Å². The summed E-state index contributed by atoms with van der Waals surface area (Å²) >= 11 is 0. The number of rotatable bonds is 8. The summed E-state index contributed by atoms with van der Waals surface area (Å²) in [4.78, 5) is 4.27. The molecule has 1 aromatic rings.